The highest BCUT2D eigenvalue weighted by molar-refractivity contribution is 5.89. The van der Waals surface area contributed by atoms with Crippen molar-refractivity contribution in [2.24, 2.45) is 0 Å². The summed E-state index contributed by atoms with van der Waals surface area (Å²) in [5.41, 5.74) is 2.11. The number of ether oxygens (including phenoxy) is 1. The maximum absolute atomic E-state index is 12.5. The first-order valence-electron chi connectivity index (χ1n) is 9.23. The first kappa shape index (κ1) is 20.0. The van der Waals surface area contributed by atoms with Crippen LogP contribution in [0.25, 0.3) is 6.08 Å². The number of rotatable bonds is 7. The number of carboxylic acids is 1. The van der Waals surface area contributed by atoms with Crippen LogP contribution in [0.4, 0.5) is 0 Å². The van der Waals surface area contributed by atoms with Gasteiger partial charge in [-0.3, -0.25) is 4.98 Å². The average Bonchev–Trinajstić information content (AvgIpc) is 2.77. The Hall–Kier alpha value is -3.73. The van der Waals surface area contributed by atoms with E-state index in [-0.39, 0.29) is 5.56 Å². The minimum absolute atomic E-state index is 0.0943. The molecule has 0 aliphatic heterocycles. The van der Waals surface area contributed by atoms with E-state index in [0.29, 0.717) is 5.69 Å². The van der Waals surface area contributed by atoms with E-state index in [1.54, 1.807) is 19.1 Å². The second-order valence-corrected chi connectivity index (χ2v) is 6.54. The molecule has 2 aromatic carbocycles. The van der Waals surface area contributed by atoms with E-state index < -0.39 is 24.0 Å². The lowest BCUT2D eigenvalue weighted by Crippen LogP contribution is -2.19. The summed E-state index contributed by atoms with van der Waals surface area (Å²) >= 11 is 0. The van der Waals surface area contributed by atoms with Gasteiger partial charge in [0.2, 0.25) is 0 Å². The molecule has 146 valence electrons. The van der Waals surface area contributed by atoms with E-state index in [1.807, 2.05) is 60.7 Å². The molecule has 2 atom stereocenters. The van der Waals surface area contributed by atoms with Gasteiger partial charge in [-0.25, -0.2) is 9.59 Å². The number of esters is 1. The Morgan fingerprint density at radius 2 is 1.62 bits per heavy atom. The zero-order chi connectivity index (χ0) is 20.6. The van der Waals surface area contributed by atoms with E-state index in [2.05, 4.69) is 4.98 Å². The second kappa shape index (κ2) is 9.46. The van der Waals surface area contributed by atoms with Crippen molar-refractivity contribution in [2.45, 2.75) is 18.9 Å². The number of carbonyl (C=O) groups excluding carboxylic acids is 1. The van der Waals surface area contributed by atoms with Gasteiger partial charge in [-0.2, -0.15) is 0 Å². The molecule has 0 aliphatic rings. The predicted octanol–water partition coefficient (Wildman–Crippen LogP) is 4.88. The summed E-state index contributed by atoms with van der Waals surface area (Å²) in [5, 5.41) is 9.50. The van der Waals surface area contributed by atoms with Gasteiger partial charge in [0.05, 0.1) is 11.3 Å². The van der Waals surface area contributed by atoms with Crippen LogP contribution >= 0.6 is 0 Å². The van der Waals surface area contributed by atoms with Crippen molar-refractivity contribution in [1.29, 1.82) is 0 Å². The molecule has 0 amide bonds. The van der Waals surface area contributed by atoms with Crippen molar-refractivity contribution in [3.8, 4) is 0 Å². The van der Waals surface area contributed by atoms with Crippen LogP contribution in [0.1, 0.15) is 46.1 Å². The third kappa shape index (κ3) is 5.17. The predicted molar refractivity (Wildman–Crippen MR) is 110 cm³/mol. The standard InChI is InChI=1S/C24H21NO4/c1-17(22-20(24(27)28)13-8-16-25-22)23(19-11-6-3-7-12-19)29-21(26)15-14-18-9-4-2-5-10-18/h2-17,23H,1H3,(H,27,28). The lowest BCUT2D eigenvalue weighted by atomic mass is 9.91. The van der Waals surface area contributed by atoms with E-state index >= 15 is 0 Å². The van der Waals surface area contributed by atoms with Gasteiger partial charge in [0.15, 0.2) is 0 Å². The van der Waals surface area contributed by atoms with Crippen molar-refractivity contribution >= 4 is 18.0 Å². The van der Waals surface area contributed by atoms with Crippen molar-refractivity contribution in [2.75, 3.05) is 0 Å². The molecular weight excluding hydrogens is 366 g/mol. The summed E-state index contributed by atoms with van der Waals surface area (Å²) in [5.74, 6) is -2.04. The molecule has 0 spiro atoms. The monoisotopic (exact) mass is 387 g/mol. The van der Waals surface area contributed by atoms with Gasteiger partial charge < -0.3 is 9.84 Å². The van der Waals surface area contributed by atoms with Crippen LogP contribution in [0.3, 0.4) is 0 Å². The van der Waals surface area contributed by atoms with Gasteiger partial charge in [-0.05, 0) is 29.3 Å². The van der Waals surface area contributed by atoms with Crippen molar-refractivity contribution in [3.63, 3.8) is 0 Å². The van der Waals surface area contributed by atoms with E-state index in [1.165, 1.54) is 18.3 Å². The molecule has 5 heteroatoms. The fraction of sp³-hybridized carbons (Fsp3) is 0.125. The number of pyridine rings is 1. The SMILES string of the molecule is CC(c1ncccc1C(=O)O)C(OC(=O)C=Cc1ccccc1)c1ccccc1. The van der Waals surface area contributed by atoms with Gasteiger partial charge in [0.25, 0.3) is 0 Å². The summed E-state index contributed by atoms with van der Waals surface area (Å²) in [7, 11) is 0. The van der Waals surface area contributed by atoms with Gasteiger partial charge in [-0.1, -0.05) is 67.6 Å². The number of aromatic carboxylic acids is 1. The quantitative estimate of drug-likeness (QED) is 0.462. The molecular formula is C24H21NO4. The van der Waals surface area contributed by atoms with E-state index in [9.17, 15) is 14.7 Å². The third-order valence-corrected chi connectivity index (χ3v) is 4.54. The Kier molecular flexibility index (Phi) is 6.53. The number of hydrogen-bond donors (Lipinski definition) is 1. The molecule has 5 nitrogen and oxygen atoms in total. The van der Waals surface area contributed by atoms with E-state index in [4.69, 9.17) is 4.74 Å². The molecule has 1 heterocycles. The number of hydrogen-bond acceptors (Lipinski definition) is 4. The van der Waals surface area contributed by atoms with Crippen LogP contribution < -0.4 is 0 Å². The average molecular weight is 387 g/mol. The van der Waals surface area contributed by atoms with Crippen LogP contribution in [0.15, 0.2) is 85.1 Å². The Morgan fingerprint density at radius 1 is 0.966 bits per heavy atom. The highest BCUT2D eigenvalue weighted by atomic mass is 16.5. The zero-order valence-corrected chi connectivity index (χ0v) is 15.9. The first-order chi connectivity index (χ1) is 14.1. The fourth-order valence-corrected chi connectivity index (χ4v) is 3.10. The molecule has 3 aromatic rings. The van der Waals surface area contributed by atoms with Gasteiger partial charge in [0, 0.05) is 18.2 Å². The minimum atomic E-state index is -1.07. The molecule has 0 fully saturated rings. The number of carboxylic acid groups (broad SMARTS) is 1. The number of benzene rings is 2. The molecule has 2 unspecified atom stereocenters. The lowest BCUT2D eigenvalue weighted by Gasteiger charge is -2.24. The van der Waals surface area contributed by atoms with Crippen LogP contribution in [0, 0.1) is 0 Å². The number of carbonyl (C=O) groups is 2. The molecule has 3 rings (SSSR count). The topological polar surface area (TPSA) is 76.5 Å². The van der Waals surface area contributed by atoms with Crippen LogP contribution in [-0.2, 0) is 9.53 Å². The summed E-state index contributed by atoms with van der Waals surface area (Å²) in [6.45, 7) is 1.81. The maximum atomic E-state index is 12.5. The Morgan fingerprint density at radius 3 is 2.28 bits per heavy atom. The maximum Gasteiger partial charge on any atom is 0.337 e. The summed E-state index contributed by atoms with van der Waals surface area (Å²) in [6.07, 6.45) is 3.90. The fourth-order valence-electron chi connectivity index (χ4n) is 3.10. The van der Waals surface area contributed by atoms with E-state index in [0.717, 1.165) is 11.1 Å². The van der Waals surface area contributed by atoms with Crippen molar-refractivity contribution in [3.05, 3.63) is 107 Å². The van der Waals surface area contributed by atoms with Gasteiger partial charge in [-0.15, -0.1) is 0 Å². The summed E-state index contributed by atoms with van der Waals surface area (Å²) in [4.78, 5) is 28.4. The largest absolute Gasteiger partial charge is 0.478 e. The van der Waals surface area contributed by atoms with Crippen LogP contribution in [-0.4, -0.2) is 22.0 Å². The minimum Gasteiger partial charge on any atom is -0.478 e. The summed E-state index contributed by atoms with van der Waals surface area (Å²) < 4.78 is 5.75. The molecule has 0 saturated heterocycles. The molecule has 0 saturated carbocycles. The zero-order valence-electron chi connectivity index (χ0n) is 15.9. The molecule has 0 bridgehead atoms. The van der Waals surface area contributed by atoms with Crippen molar-refractivity contribution < 1.29 is 19.4 Å². The molecule has 1 N–H and O–H groups in total. The second-order valence-electron chi connectivity index (χ2n) is 6.54. The molecule has 0 aliphatic carbocycles. The van der Waals surface area contributed by atoms with Crippen LogP contribution in [0.5, 0.6) is 0 Å². The molecule has 0 radical (unpaired) electrons. The third-order valence-electron chi connectivity index (χ3n) is 4.54. The molecule has 1 aromatic heterocycles. The number of nitrogens with zero attached hydrogens (tertiary/aromatic N) is 1. The smallest absolute Gasteiger partial charge is 0.337 e. The summed E-state index contributed by atoms with van der Waals surface area (Å²) in [6, 6.07) is 21.8. The highest BCUT2D eigenvalue weighted by Gasteiger charge is 2.28. The van der Waals surface area contributed by atoms with Crippen molar-refractivity contribution in [1.82, 2.24) is 4.98 Å². The Balaban J connectivity index is 1.89. The lowest BCUT2D eigenvalue weighted by molar-refractivity contribution is -0.144. The molecule has 29 heavy (non-hydrogen) atoms. The Labute approximate surface area is 169 Å². The normalized spacial score (nSPS) is 13.0. The number of aromatic nitrogens is 1. The van der Waals surface area contributed by atoms with Gasteiger partial charge in [0.1, 0.15) is 6.10 Å². The highest BCUT2D eigenvalue weighted by Crippen LogP contribution is 2.34. The Bertz CT molecular complexity index is 1000. The first-order valence-corrected chi connectivity index (χ1v) is 9.23. The van der Waals surface area contributed by atoms with Crippen LogP contribution in [0.2, 0.25) is 0 Å². The van der Waals surface area contributed by atoms with Gasteiger partial charge >= 0.3 is 11.9 Å².